The number of fused-ring (bicyclic) bond motifs is 1. The zero-order valence-electron chi connectivity index (χ0n) is 7.72. The molecule has 0 aromatic carbocycles. The van der Waals surface area contributed by atoms with Crippen LogP contribution in [0.15, 0.2) is 0 Å². The van der Waals surface area contributed by atoms with E-state index in [4.69, 9.17) is 4.74 Å². The number of hydrogen-bond donors (Lipinski definition) is 0. The summed E-state index contributed by atoms with van der Waals surface area (Å²) in [5, 5.41) is 0. The molecule has 2 fully saturated rings. The van der Waals surface area contributed by atoms with E-state index in [-0.39, 0.29) is 11.5 Å². The quantitative estimate of drug-likeness (QED) is 0.619. The summed E-state index contributed by atoms with van der Waals surface area (Å²) in [4.78, 5) is 2.23. The first-order chi connectivity index (χ1) is 5.70. The van der Waals surface area contributed by atoms with Crippen molar-refractivity contribution in [2.24, 2.45) is 5.92 Å². The summed E-state index contributed by atoms with van der Waals surface area (Å²) < 4.78 is 18.5. The van der Waals surface area contributed by atoms with E-state index in [2.05, 4.69) is 4.90 Å². The fourth-order valence-electron chi connectivity index (χ4n) is 2.60. The number of methoxy groups -OCH3 is 1. The van der Waals surface area contributed by atoms with Gasteiger partial charge in [-0.3, -0.25) is 4.90 Å². The van der Waals surface area contributed by atoms with E-state index in [0.29, 0.717) is 13.2 Å². The first-order valence-corrected chi connectivity index (χ1v) is 4.59. The molecule has 0 aliphatic carbocycles. The Kier molecular flexibility index (Phi) is 1.88. The molecule has 0 aromatic heterocycles. The van der Waals surface area contributed by atoms with Crippen molar-refractivity contribution in [3.05, 3.63) is 0 Å². The van der Waals surface area contributed by atoms with E-state index in [1.165, 1.54) is 0 Å². The van der Waals surface area contributed by atoms with E-state index in [0.717, 1.165) is 13.0 Å². The molecule has 0 bridgehead atoms. The number of alkyl halides is 1. The van der Waals surface area contributed by atoms with Crippen molar-refractivity contribution < 1.29 is 9.13 Å². The molecule has 12 heavy (non-hydrogen) atoms. The van der Waals surface area contributed by atoms with E-state index in [1.807, 2.05) is 6.92 Å². The predicted octanol–water partition coefficient (Wildman–Crippen LogP) is 1.07. The van der Waals surface area contributed by atoms with Crippen LogP contribution in [0.5, 0.6) is 0 Å². The third-order valence-corrected chi connectivity index (χ3v) is 3.62. The Morgan fingerprint density at radius 2 is 2.42 bits per heavy atom. The van der Waals surface area contributed by atoms with Gasteiger partial charge in [-0.05, 0) is 6.42 Å². The molecule has 0 saturated carbocycles. The standard InChI is InChI=1S/C9H16FNO/c1-7-8(10)5-11-4-3-9(7,11)6-12-2/h7-8H,3-6H2,1-2H3/t7-,8+,9+/m0/s1. The summed E-state index contributed by atoms with van der Waals surface area (Å²) in [5.41, 5.74) is 0.0498. The van der Waals surface area contributed by atoms with Gasteiger partial charge in [-0.2, -0.15) is 0 Å². The van der Waals surface area contributed by atoms with Crippen molar-refractivity contribution in [1.29, 1.82) is 0 Å². The van der Waals surface area contributed by atoms with Gasteiger partial charge >= 0.3 is 0 Å². The van der Waals surface area contributed by atoms with Crippen LogP contribution in [0.4, 0.5) is 4.39 Å². The third kappa shape index (κ3) is 0.866. The molecule has 3 heteroatoms. The van der Waals surface area contributed by atoms with Crippen molar-refractivity contribution in [3.8, 4) is 0 Å². The Morgan fingerprint density at radius 1 is 1.67 bits per heavy atom. The Morgan fingerprint density at radius 3 is 2.83 bits per heavy atom. The number of nitrogens with zero attached hydrogens (tertiary/aromatic N) is 1. The molecule has 2 aliphatic rings. The SMILES string of the molecule is COC[C@@]12CCN1C[C@@H](F)[C@@H]2C. The third-order valence-electron chi connectivity index (χ3n) is 3.62. The minimum Gasteiger partial charge on any atom is -0.383 e. The lowest BCUT2D eigenvalue weighted by atomic mass is 9.78. The van der Waals surface area contributed by atoms with Gasteiger partial charge in [0.2, 0.25) is 0 Å². The monoisotopic (exact) mass is 173 g/mol. The second-order valence-electron chi connectivity index (χ2n) is 4.04. The van der Waals surface area contributed by atoms with Gasteiger partial charge in [-0.1, -0.05) is 6.92 Å². The molecule has 0 radical (unpaired) electrons. The summed E-state index contributed by atoms with van der Waals surface area (Å²) in [7, 11) is 1.70. The number of hydrogen-bond acceptors (Lipinski definition) is 2. The zero-order valence-corrected chi connectivity index (χ0v) is 7.72. The normalized spacial score (nSPS) is 47.2. The van der Waals surface area contributed by atoms with Gasteiger partial charge in [0.15, 0.2) is 0 Å². The van der Waals surface area contributed by atoms with Gasteiger partial charge in [0.05, 0.1) is 12.1 Å². The minimum atomic E-state index is -0.650. The summed E-state index contributed by atoms with van der Waals surface area (Å²) in [6.45, 7) is 4.36. The molecular weight excluding hydrogens is 157 g/mol. The number of halogens is 1. The van der Waals surface area contributed by atoms with Gasteiger partial charge in [0, 0.05) is 26.1 Å². The molecule has 0 aromatic rings. The molecule has 70 valence electrons. The van der Waals surface area contributed by atoms with Crippen LogP contribution in [0.2, 0.25) is 0 Å². The number of rotatable bonds is 2. The number of ether oxygens (including phenoxy) is 1. The summed E-state index contributed by atoms with van der Waals surface area (Å²) in [6.07, 6.45) is 0.449. The predicted molar refractivity (Wildman–Crippen MR) is 44.9 cm³/mol. The fourth-order valence-corrected chi connectivity index (χ4v) is 2.60. The van der Waals surface area contributed by atoms with Crippen LogP contribution < -0.4 is 0 Å². The molecule has 2 aliphatic heterocycles. The Hall–Kier alpha value is -0.150. The second kappa shape index (κ2) is 2.67. The van der Waals surface area contributed by atoms with Crippen molar-refractivity contribution in [2.45, 2.75) is 25.1 Å². The van der Waals surface area contributed by atoms with E-state index < -0.39 is 6.17 Å². The molecule has 0 N–H and O–H groups in total. The maximum Gasteiger partial charge on any atom is 0.117 e. The first-order valence-electron chi connectivity index (χ1n) is 4.59. The van der Waals surface area contributed by atoms with E-state index in [9.17, 15) is 4.39 Å². The highest BCUT2D eigenvalue weighted by Gasteiger charge is 2.57. The topological polar surface area (TPSA) is 12.5 Å². The average Bonchev–Trinajstić information content (AvgIpc) is 2.18. The maximum absolute atomic E-state index is 13.3. The largest absolute Gasteiger partial charge is 0.383 e. The van der Waals surface area contributed by atoms with E-state index in [1.54, 1.807) is 7.11 Å². The fraction of sp³-hybridized carbons (Fsp3) is 1.00. The molecule has 2 nitrogen and oxygen atoms in total. The Balaban J connectivity index is 2.12. The highest BCUT2D eigenvalue weighted by molar-refractivity contribution is 5.10. The van der Waals surface area contributed by atoms with Crippen LogP contribution in [0.1, 0.15) is 13.3 Å². The first kappa shape index (κ1) is 8.45. The van der Waals surface area contributed by atoms with E-state index >= 15 is 0 Å². The highest BCUT2D eigenvalue weighted by atomic mass is 19.1. The minimum absolute atomic E-state index is 0.0498. The summed E-state index contributed by atoms with van der Waals surface area (Å²) >= 11 is 0. The van der Waals surface area contributed by atoms with Gasteiger partial charge < -0.3 is 4.74 Å². The van der Waals surface area contributed by atoms with Crippen LogP contribution in [0.25, 0.3) is 0 Å². The van der Waals surface area contributed by atoms with Crippen LogP contribution in [-0.4, -0.2) is 43.4 Å². The Labute approximate surface area is 72.7 Å². The second-order valence-corrected chi connectivity index (χ2v) is 4.04. The van der Waals surface area contributed by atoms with Crippen LogP contribution in [-0.2, 0) is 4.74 Å². The van der Waals surface area contributed by atoms with Crippen LogP contribution >= 0.6 is 0 Å². The van der Waals surface area contributed by atoms with Gasteiger partial charge in [0.1, 0.15) is 6.17 Å². The molecule has 2 rings (SSSR count). The maximum atomic E-state index is 13.3. The molecule has 2 saturated heterocycles. The molecular formula is C9H16FNO. The van der Waals surface area contributed by atoms with Crippen molar-refractivity contribution >= 4 is 0 Å². The van der Waals surface area contributed by atoms with Crippen molar-refractivity contribution in [3.63, 3.8) is 0 Å². The molecule has 0 spiro atoms. The molecule has 2 heterocycles. The highest BCUT2D eigenvalue weighted by Crippen LogP contribution is 2.45. The lowest BCUT2D eigenvalue weighted by Crippen LogP contribution is -2.61. The van der Waals surface area contributed by atoms with Gasteiger partial charge in [-0.25, -0.2) is 4.39 Å². The van der Waals surface area contributed by atoms with Crippen LogP contribution in [0, 0.1) is 5.92 Å². The summed E-state index contributed by atoms with van der Waals surface area (Å²) in [6, 6.07) is 0. The Bertz CT molecular complexity index is 187. The summed E-state index contributed by atoms with van der Waals surface area (Å²) in [5.74, 6) is 0.145. The lowest BCUT2D eigenvalue weighted by molar-refractivity contribution is -0.0561. The van der Waals surface area contributed by atoms with Crippen molar-refractivity contribution in [2.75, 3.05) is 26.8 Å². The smallest absolute Gasteiger partial charge is 0.117 e. The zero-order chi connectivity index (χ0) is 8.77. The van der Waals surface area contributed by atoms with Gasteiger partial charge in [-0.15, -0.1) is 0 Å². The van der Waals surface area contributed by atoms with Crippen LogP contribution in [0.3, 0.4) is 0 Å². The van der Waals surface area contributed by atoms with Crippen molar-refractivity contribution in [1.82, 2.24) is 4.90 Å². The lowest BCUT2D eigenvalue weighted by Gasteiger charge is -2.49. The molecule has 0 unspecified atom stereocenters. The average molecular weight is 173 g/mol. The van der Waals surface area contributed by atoms with Gasteiger partial charge in [0.25, 0.3) is 0 Å². The molecule has 0 amide bonds. The molecule has 3 atom stereocenters.